The van der Waals surface area contributed by atoms with Gasteiger partial charge in [0.2, 0.25) is 5.91 Å². The van der Waals surface area contributed by atoms with Crippen molar-refractivity contribution in [3.05, 3.63) is 70.6 Å². The average Bonchev–Trinajstić information content (AvgIpc) is 3.49. The molecule has 8 heteroatoms. The molecule has 0 bridgehead atoms. The third-order valence-corrected chi connectivity index (χ3v) is 7.17. The van der Waals surface area contributed by atoms with Crippen molar-refractivity contribution in [1.29, 1.82) is 0 Å². The van der Waals surface area contributed by atoms with Gasteiger partial charge < -0.3 is 14.6 Å². The van der Waals surface area contributed by atoms with Crippen LogP contribution in [-0.4, -0.2) is 46.2 Å². The summed E-state index contributed by atoms with van der Waals surface area (Å²) >= 11 is 1.58. The number of nitrogens with one attached hydrogen (secondary N) is 1. The molecule has 0 unspecified atom stereocenters. The molecule has 5 rings (SSSR count). The number of likely N-dealkylation sites (tertiary alicyclic amines) is 1. The zero-order valence-corrected chi connectivity index (χ0v) is 18.6. The number of furan rings is 1. The van der Waals surface area contributed by atoms with Crippen LogP contribution in [0.25, 0.3) is 0 Å². The summed E-state index contributed by atoms with van der Waals surface area (Å²) in [5, 5.41) is 3.72. The fourth-order valence-corrected chi connectivity index (χ4v) is 5.44. The molecular formula is C24H26N4O3S. The maximum Gasteiger partial charge on any atom is 0.289 e. The Labute approximate surface area is 191 Å². The van der Waals surface area contributed by atoms with Crippen LogP contribution in [0.15, 0.2) is 53.1 Å². The summed E-state index contributed by atoms with van der Waals surface area (Å²) in [7, 11) is 0. The van der Waals surface area contributed by atoms with E-state index in [9.17, 15) is 9.59 Å². The minimum Gasteiger partial charge on any atom is -0.459 e. The first-order chi connectivity index (χ1) is 15.7. The number of thiazole rings is 1. The Morgan fingerprint density at radius 3 is 2.66 bits per heavy atom. The number of hydrogen-bond acceptors (Lipinski definition) is 6. The van der Waals surface area contributed by atoms with Gasteiger partial charge in [-0.15, -0.1) is 11.3 Å². The van der Waals surface area contributed by atoms with Gasteiger partial charge >= 0.3 is 0 Å². The lowest BCUT2D eigenvalue weighted by molar-refractivity contribution is -0.121. The van der Waals surface area contributed by atoms with E-state index in [0.717, 1.165) is 31.7 Å². The first-order valence-corrected chi connectivity index (χ1v) is 11.9. The van der Waals surface area contributed by atoms with Crippen molar-refractivity contribution in [2.45, 2.75) is 32.4 Å². The second-order valence-electron chi connectivity index (χ2n) is 8.37. The number of rotatable bonds is 5. The Kier molecular flexibility index (Phi) is 6.05. The van der Waals surface area contributed by atoms with Crippen LogP contribution in [0.2, 0.25) is 0 Å². The fraction of sp³-hybridized carbons (Fsp3) is 0.375. The maximum absolute atomic E-state index is 12.8. The number of carbonyl (C=O) groups excluding carboxylic acids is 2. The number of anilines is 1. The third kappa shape index (κ3) is 4.61. The summed E-state index contributed by atoms with van der Waals surface area (Å²) < 4.78 is 5.20. The predicted molar refractivity (Wildman–Crippen MR) is 122 cm³/mol. The molecule has 1 fully saturated rings. The number of nitrogens with zero attached hydrogens (tertiary/aromatic N) is 3. The number of amides is 2. The molecule has 1 aromatic carbocycles. The molecule has 0 aliphatic carbocycles. The number of benzene rings is 1. The lowest BCUT2D eigenvalue weighted by atomic mass is 9.96. The lowest BCUT2D eigenvalue weighted by Crippen LogP contribution is -2.41. The second-order valence-corrected chi connectivity index (χ2v) is 9.45. The predicted octanol–water partition coefficient (Wildman–Crippen LogP) is 3.79. The average molecular weight is 451 g/mol. The minimum absolute atomic E-state index is 0.00216. The summed E-state index contributed by atoms with van der Waals surface area (Å²) in [5.74, 6) is 0.137. The summed E-state index contributed by atoms with van der Waals surface area (Å²) in [4.78, 5) is 35.3. The van der Waals surface area contributed by atoms with E-state index < -0.39 is 0 Å². The SMILES string of the molecule is O=C(Nc1nc2c(s1)CN(Cc1ccccc1)CC2)C1CCN(C(=O)c2ccco2)CC1. The Morgan fingerprint density at radius 2 is 1.91 bits per heavy atom. The van der Waals surface area contributed by atoms with Gasteiger partial charge in [0.1, 0.15) is 0 Å². The third-order valence-electron chi connectivity index (χ3n) is 6.17. The van der Waals surface area contributed by atoms with E-state index in [1.54, 1.807) is 28.4 Å². The van der Waals surface area contributed by atoms with Gasteiger partial charge in [-0.3, -0.25) is 14.5 Å². The van der Waals surface area contributed by atoms with Gasteiger partial charge in [0.25, 0.3) is 5.91 Å². The van der Waals surface area contributed by atoms with Crippen LogP contribution < -0.4 is 5.32 Å². The Balaban J connectivity index is 1.14. The van der Waals surface area contributed by atoms with Gasteiger partial charge in [-0.2, -0.15) is 0 Å². The molecule has 2 amide bonds. The number of carbonyl (C=O) groups is 2. The summed E-state index contributed by atoms with van der Waals surface area (Å²) in [6.07, 6.45) is 3.70. The molecule has 2 aromatic heterocycles. The first-order valence-electron chi connectivity index (χ1n) is 11.0. The van der Waals surface area contributed by atoms with E-state index in [4.69, 9.17) is 4.42 Å². The van der Waals surface area contributed by atoms with Crippen LogP contribution in [0.3, 0.4) is 0 Å². The molecule has 1 N–H and O–H groups in total. The van der Waals surface area contributed by atoms with Crippen LogP contribution in [0.5, 0.6) is 0 Å². The fourth-order valence-electron chi connectivity index (χ4n) is 4.39. The van der Waals surface area contributed by atoms with E-state index in [1.807, 2.05) is 6.07 Å². The van der Waals surface area contributed by atoms with Crippen LogP contribution in [-0.2, 0) is 24.3 Å². The Hall–Kier alpha value is -2.97. The molecule has 7 nitrogen and oxygen atoms in total. The highest BCUT2D eigenvalue weighted by atomic mass is 32.1. The van der Waals surface area contributed by atoms with Crippen molar-refractivity contribution in [2.24, 2.45) is 5.92 Å². The van der Waals surface area contributed by atoms with Crippen molar-refractivity contribution in [3.63, 3.8) is 0 Å². The highest BCUT2D eigenvalue weighted by Crippen LogP contribution is 2.30. The topological polar surface area (TPSA) is 78.7 Å². The van der Waals surface area contributed by atoms with Crippen LogP contribution in [0, 0.1) is 5.92 Å². The van der Waals surface area contributed by atoms with Crippen LogP contribution in [0.4, 0.5) is 5.13 Å². The molecule has 0 spiro atoms. The molecule has 166 valence electrons. The van der Waals surface area contributed by atoms with Crippen molar-refractivity contribution >= 4 is 28.3 Å². The molecule has 2 aliphatic heterocycles. The molecular weight excluding hydrogens is 424 g/mol. The van der Waals surface area contributed by atoms with Gasteiger partial charge in [-0.1, -0.05) is 30.3 Å². The Morgan fingerprint density at radius 1 is 1.09 bits per heavy atom. The molecule has 4 heterocycles. The van der Waals surface area contributed by atoms with E-state index in [2.05, 4.69) is 39.5 Å². The first kappa shape index (κ1) is 20.9. The zero-order chi connectivity index (χ0) is 21.9. The number of fused-ring (bicyclic) bond motifs is 1. The number of piperidine rings is 1. The van der Waals surface area contributed by atoms with Crippen molar-refractivity contribution in [2.75, 3.05) is 25.0 Å². The van der Waals surface area contributed by atoms with Crippen molar-refractivity contribution in [1.82, 2.24) is 14.8 Å². The number of aromatic nitrogens is 1. The molecule has 1 saturated heterocycles. The minimum atomic E-state index is -0.110. The van der Waals surface area contributed by atoms with Gasteiger partial charge in [-0.25, -0.2) is 4.98 Å². The monoisotopic (exact) mass is 450 g/mol. The number of hydrogen-bond donors (Lipinski definition) is 1. The standard InChI is InChI=1S/C24H26N4O3S/c29-22(18-8-12-28(13-9-18)23(30)20-7-4-14-31-20)26-24-25-19-10-11-27(16-21(19)32-24)15-17-5-2-1-3-6-17/h1-7,14,18H,8-13,15-16H2,(H,25,26,29). The second kappa shape index (κ2) is 9.26. The van der Waals surface area contributed by atoms with Gasteiger partial charge in [0.15, 0.2) is 10.9 Å². The molecule has 0 atom stereocenters. The molecule has 0 saturated carbocycles. The smallest absolute Gasteiger partial charge is 0.289 e. The summed E-state index contributed by atoms with van der Waals surface area (Å²) in [6.45, 7) is 3.88. The van der Waals surface area contributed by atoms with E-state index in [1.165, 1.54) is 16.7 Å². The maximum atomic E-state index is 12.8. The van der Waals surface area contributed by atoms with Crippen LogP contribution in [0.1, 0.15) is 39.5 Å². The zero-order valence-electron chi connectivity index (χ0n) is 17.8. The Bertz CT molecular complexity index is 1070. The molecule has 32 heavy (non-hydrogen) atoms. The highest BCUT2D eigenvalue weighted by Gasteiger charge is 2.30. The van der Waals surface area contributed by atoms with E-state index in [-0.39, 0.29) is 17.7 Å². The summed E-state index contributed by atoms with van der Waals surface area (Å²) in [5.41, 5.74) is 2.42. The molecule has 3 aromatic rings. The van der Waals surface area contributed by atoms with Crippen molar-refractivity contribution in [3.8, 4) is 0 Å². The van der Waals surface area contributed by atoms with Gasteiger partial charge in [-0.05, 0) is 30.5 Å². The highest BCUT2D eigenvalue weighted by molar-refractivity contribution is 7.15. The largest absolute Gasteiger partial charge is 0.459 e. The lowest BCUT2D eigenvalue weighted by Gasteiger charge is -2.30. The van der Waals surface area contributed by atoms with Gasteiger partial charge in [0.05, 0.1) is 12.0 Å². The summed E-state index contributed by atoms with van der Waals surface area (Å²) in [6, 6.07) is 13.9. The van der Waals surface area contributed by atoms with E-state index >= 15 is 0 Å². The van der Waals surface area contributed by atoms with E-state index in [0.29, 0.717) is 36.8 Å². The van der Waals surface area contributed by atoms with Crippen molar-refractivity contribution < 1.29 is 14.0 Å². The quantitative estimate of drug-likeness (QED) is 0.640. The van der Waals surface area contributed by atoms with Crippen LogP contribution >= 0.6 is 11.3 Å². The normalized spacial score (nSPS) is 17.2. The molecule has 0 radical (unpaired) electrons. The van der Waals surface area contributed by atoms with Gasteiger partial charge in [0, 0.05) is 49.9 Å². The molecule has 2 aliphatic rings.